The van der Waals surface area contributed by atoms with Gasteiger partial charge < -0.3 is 10.6 Å². The van der Waals surface area contributed by atoms with Gasteiger partial charge in [-0.15, -0.1) is 13.2 Å². The van der Waals surface area contributed by atoms with Gasteiger partial charge in [-0.1, -0.05) is 12.2 Å². The number of hydrogen-bond acceptors (Lipinski definition) is 3. The van der Waals surface area contributed by atoms with Crippen LogP contribution in [0.2, 0.25) is 0 Å². The molecule has 1 saturated heterocycles. The Labute approximate surface area is 115 Å². The molecule has 2 aliphatic rings. The number of nitrogens with two attached hydrogens (primary N) is 1. The molecular weight excluding hydrogens is 238 g/mol. The molecule has 4 heteroatoms. The zero-order valence-corrected chi connectivity index (χ0v) is 11.6. The Hall–Kier alpha value is -1.13. The van der Waals surface area contributed by atoms with Crippen LogP contribution in [0.25, 0.3) is 0 Å². The van der Waals surface area contributed by atoms with Gasteiger partial charge in [0.15, 0.2) is 0 Å². The highest BCUT2D eigenvalue weighted by Crippen LogP contribution is 2.36. The number of hydrogen-bond donors (Lipinski definition) is 1. The van der Waals surface area contributed by atoms with Gasteiger partial charge >= 0.3 is 0 Å². The van der Waals surface area contributed by atoms with Crippen molar-refractivity contribution in [2.75, 3.05) is 32.7 Å². The molecule has 0 bridgehead atoms. The van der Waals surface area contributed by atoms with Crippen LogP contribution < -0.4 is 5.73 Å². The molecular formula is C15H25N3O. The minimum atomic E-state index is 0.161. The van der Waals surface area contributed by atoms with E-state index >= 15 is 0 Å². The number of rotatable bonds is 6. The third kappa shape index (κ3) is 3.25. The largest absolute Gasteiger partial charge is 0.334 e. The first-order chi connectivity index (χ1) is 9.15. The lowest BCUT2D eigenvalue weighted by Gasteiger charge is -2.24. The van der Waals surface area contributed by atoms with Crippen LogP contribution in [-0.2, 0) is 4.79 Å². The third-order valence-electron chi connectivity index (χ3n) is 4.40. The van der Waals surface area contributed by atoms with Gasteiger partial charge in [-0.25, -0.2) is 0 Å². The Morgan fingerprint density at radius 1 is 1.26 bits per heavy atom. The lowest BCUT2D eigenvalue weighted by molar-refractivity contribution is -0.131. The lowest BCUT2D eigenvalue weighted by Crippen LogP contribution is -2.40. The van der Waals surface area contributed by atoms with Crippen LogP contribution in [0, 0.1) is 11.8 Å². The maximum absolute atomic E-state index is 12.2. The number of likely N-dealkylation sites (tertiary alicyclic amines) is 1. The number of carbonyl (C=O) groups excluding carboxylic acids is 1. The van der Waals surface area contributed by atoms with E-state index in [1.165, 1.54) is 6.42 Å². The van der Waals surface area contributed by atoms with E-state index in [1.54, 1.807) is 17.1 Å². The zero-order valence-electron chi connectivity index (χ0n) is 11.6. The second kappa shape index (κ2) is 6.35. The van der Waals surface area contributed by atoms with E-state index in [0.717, 1.165) is 19.5 Å². The van der Waals surface area contributed by atoms with E-state index in [4.69, 9.17) is 5.73 Å². The molecule has 106 valence electrons. The molecule has 0 spiro atoms. The van der Waals surface area contributed by atoms with Crippen molar-refractivity contribution in [3.05, 3.63) is 25.3 Å². The highest BCUT2D eigenvalue weighted by molar-refractivity contribution is 5.78. The molecule has 0 aromatic heterocycles. The number of nitrogens with zero attached hydrogens (tertiary/aromatic N) is 2. The highest BCUT2D eigenvalue weighted by Gasteiger charge is 2.41. The van der Waals surface area contributed by atoms with Crippen LogP contribution >= 0.6 is 0 Å². The molecule has 2 N–H and O–H groups in total. The summed E-state index contributed by atoms with van der Waals surface area (Å²) in [6.45, 7) is 11.1. The minimum Gasteiger partial charge on any atom is -0.334 e. The molecule has 2 fully saturated rings. The van der Waals surface area contributed by atoms with Gasteiger partial charge in [-0.2, -0.15) is 0 Å². The minimum absolute atomic E-state index is 0.161. The van der Waals surface area contributed by atoms with Gasteiger partial charge in [-0.3, -0.25) is 9.69 Å². The predicted molar refractivity (Wildman–Crippen MR) is 77.6 cm³/mol. The van der Waals surface area contributed by atoms with Crippen LogP contribution in [0.1, 0.15) is 12.8 Å². The first-order valence-corrected chi connectivity index (χ1v) is 7.13. The number of fused-ring (bicyclic) bond motifs is 1. The molecule has 0 radical (unpaired) electrons. The molecule has 1 heterocycles. The van der Waals surface area contributed by atoms with Crippen LogP contribution in [0.3, 0.4) is 0 Å². The standard InChI is InChI=1S/C15H25N3O/c1-3-7-18(8-4-2)15(19)11-17-9-12-5-6-14(16)13(12)10-17/h3-4,12-14H,1-2,5-11,16H2. The topological polar surface area (TPSA) is 49.6 Å². The van der Waals surface area contributed by atoms with E-state index in [9.17, 15) is 4.79 Å². The van der Waals surface area contributed by atoms with Crippen molar-refractivity contribution < 1.29 is 4.79 Å². The van der Waals surface area contributed by atoms with Crippen molar-refractivity contribution in [3.63, 3.8) is 0 Å². The van der Waals surface area contributed by atoms with Gasteiger partial charge in [0.25, 0.3) is 0 Å². The summed E-state index contributed by atoms with van der Waals surface area (Å²) in [5, 5.41) is 0. The first-order valence-electron chi connectivity index (χ1n) is 7.13. The van der Waals surface area contributed by atoms with Crippen molar-refractivity contribution in [2.45, 2.75) is 18.9 Å². The van der Waals surface area contributed by atoms with Crippen LogP contribution in [0.15, 0.2) is 25.3 Å². The molecule has 0 aromatic carbocycles. The fraction of sp³-hybridized carbons (Fsp3) is 0.667. The zero-order chi connectivity index (χ0) is 13.8. The van der Waals surface area contributed by atoms with Crippen molar-refractivity contribution in [1.29, 1.82) is 0 Å². The first kappa shape index (κ1) is 14.3. The average molecular weight is 263 g/mol. The fourth-order valence-corrected chi connectivity index (χ4v) is 3.41. The summed E-state index contributed by atoms with van der Waals surface area (Å²) < 4.78 is 0. The van der Waals surface area contributed by atoms with Crippen LogP contribution in [0.5, 0.6) is 0 Å². The van der Waals surface area contributed by atoms with Crippen molar-refractivity contribution in [3.8, 4) is 0 Å². The highest BCUT2D eigenvalue weighted by atomic mass is 16.2. The molecule has 4 nitrogen and oxygen atoms in total. The van der Waals surface area contributed by atoms with Gasteiger partial charge in [-0.05, 0) is 24.7 Å². The van der Waals surface area contributed by atoms with Crippen molar-refractivity contribution in [1.82, 2.24) is 9.80 Å². The summed E-state index contributed by atoms with van der Waals surface area (Å²) in [6, 6.07) is 0.336. The van der Waals surface area contributed by atoms with Crippen molar-refractivity contribution in [2.24, 2.45) is 17.6 Å². The normalized spacial score (nSPS) is 30.1. The van der Waals surface area contributed by atoms with E-state index in [-0.39, 0.29) is 5.91 Å². The molecule has 2 rings (SSSR count). The maximum Gasteiger partial charge on any atom is 0.237 e. The Morgan fingerprint density at radius 2 is 1.95 bits per heavy atom. The van der Waals surface area contributed by atoms with Crippen LogP contribution in [0.4, 0.5) is 0 Å². The van der Waals surface area contributed by atoms with Gasteiger partial charge in [0, 0.05) is 32.2 Å². The molecule has 1 aliphatic carbocycles. The summed E-state index contributed by atoms with van der Waals surface area (Å²) >= 11 is 0. The quantitative estimate of drug-likeness (QED) is 0.723. The molecule has 1 saturated carbocycles. The molecule has 19 heavy (non-hydrogen) atoms. The van der Waals surface area contributed by atoms with Gasteiger partial charge in [0.1, 0.15) is 0 Å². The Kier molecular flexibility index (Phi) is 4.77. The van der Waals surface area contributed by atoms with Crippen LogP contribution in [-0.4, -0.2) is 54.5 Å². The molecule has 3 atom stereocenters. The van der Waals surface area contributed by atoms with E-state index in [1.807, 2.05) is 0 Å². The monoisotopic (exact) mass is 263 g/mol. The smallest absolute Gasteiger partial charge is 0.237 e. The summed E-state index contributed by atoms with van der Waals surface area (Å²) in [6.07, 6.45) is 5.89. The summed E-state index contributed by atoms with van der Waals surface area (Å²) in [5.74, 6) is 1.46. The Morgan fingerprint density at radius 3 is 2.53 bits per heavy atom. The third-order valence-corrected chi connectivity index (χ3v) is 4.40. The Balaban J connectivity index is 1.85. The second-order valence-corrected chi connectivity index (χ2v) is 5.74. The number of amides is 1. The molecule has 0 aromatic rings. The molecule has 3 unspecified atom stereocenters. The van der Waals surface area contributed by atoms with Crippen molar-refractivity contribution >= 4 is 5.91 Å². The summed E-state index contributed by atoms with van der Waals surface area (Å²) in [4.78, 5) is 16.3. The summed E-state index contributed by atoms with van der Waals surface area (Å²) in [5.41, 5.74) is 6.12. The van der Waals surface area contributed by atoms with E-state index < -0.39 is 0 Å². The number of carbonyl (C=O) groups is 1. The average Bonchev–Trinajstić information content (AvgIpc) is 2.91. The second-order valence-electron chi connectivity index (χ2n) is 5.74. The molecule has 1 amide bonds. The summed E-state index contributed by atoms with van der Waals surface area (Å²) in [7, 11) is 0. The SMILES string of the molecule is C=CCN(CC=C)C(=O)CN1CC2CCC(N)C2C1. The van der Waals surface area contributed by atoms with Gasteiger partial charge in [0.05, 0.1) is 6.54 Å². The van der Waals surface area contributed by atoms with E-state index in [0.29, 0.717) is 37.5 Å². The van der Waals surface area contributed by atoms with Gasteiger partial charge in [0.2, 0.25) is 5.91 Å². The molecule has 1 aliphatic heterocycles. The predicted octanol–water partition coefficient (Wildman–Crippen LogP) is 0.856. The fourth-order valence-electron chi connectivity index (χ4n) is 3.41. The Bertz CT molecular complexity index is 345. The maximum atomic E-state index is 12.2. The van der Waals surface area contributed by atoms with E-state index in [2.05, 4.69) is 18.1 Å². The lowest BCUT2D eigenvalue weighted by atomic mass is 9.98.